The van der Waals surface area contributed by atoms with E-state index in [1.807, 2.05) is 92.9 Å². The maximum atomic E-state index is 14.8. The number of rotatable bonds is 9. The van der Waals surface area contributed by atoms with E-state index in [1.165, 1.54) is 0 Å². The van der Waals surface area contributed by atoms with E-state index in [4.69, 9.17) is 4.74 Å². The number of carbonyl (C=O) groups is 3. The van der Waals surface area contributed by atoms with Gasteiger partial charge in [0, 0.05) is 50.8 Å². The van der Waals surface area contributed by atoms with Crippen LogP contribution in [0.5, 0.6) is 0 Å². The zero-order valence-corrected chi connectivity index (χ0v) is 31.1. The van der Waals surface area contributed by atoms with Crippen LogP contribution in [0.3, 0.4) is 0 Å². The first-order valence-corrected chi connectivity index (χ1v) is 21.1. The van der Waals surface area contributed by atoms with Crippen LogP contribution in [0.4, 0.5) is 11.4 Å². The Balaban J connectivity index is 1.12. The van der Waals surface area contributed by atoms with Crippen molar-refractivity contribution in [1.82, 2.24) is 9.88 Å². The van der Waals surface area contributed by atoms with Crippen molar-refractivity contribution in [1.29, 1.82) is 0 Å². The van der Waals surface area contributed by atoms with Crippen LogP contribution in [-0.2, 0) is 37.7 Å². The van der Waals surface area contributed by atoms with Crippen molar-refractivity contribution in [2.75, 3.05) is 23.4 Å². The van der Waals surface area contributed by atoms with Crippen molar-refractivity contribution in [3.8, 4) is 0 Å². The Hall–Kier alpha value is -3.81. The third-order valence-electron chi connectivity index (χ3n) is 10.8. The molecule has 1 aromatic heterocycles. The number of halogens is 1. The SMILES string of the molecule is C[C@H]1[C@H]([Si](C)(C)O)[C@@H](CC(=O)N2CCC[C@H]2CO)O[C@]12C(=O)N(Cc1ccc(NC(=O)Cc3c[nH]c4ccccc34)cc1)c1ccc(Br)cc12. The summed E-state index contributed by atoms with van der Waals surface area (Å²) in [5.74, 6) is -0.869. The summed E-state index contributed by atoms with van der Waals surface area (Å²) in [6.45, 7) is 6.42. The second kappa shape index (κ2) is 13.4. The highest BCUT2D eigenvalue weighted by Crippen LogP contribution is 2.60. The van der Waals surface area contributed by atoms with Crippen LogP contribution < -0.4 is 10.2 Å². The third kappa shape index (κ3) is 6.10. The summed E-state index contributed by atoms with van der Waals surface area (Å²) in [6, 6.07) is 20.9. The van der Waals surface area contributed by atoms with E-state index in [1.54, 1.807) is 9.80 Å². The molecule has 7 rings (SSSR count). The molecule has 0 radical (unpaired) electrons. The summed E-state index contributed by atoms with van der Waals surface area (Å²) in [6.07, 6.45) is 3.07. The molecule has 0 bridgehead atoms. The molecule has 4 aromatic rings. The topological polar surface area (TPSA) is 135 Å². The maximum absolute atomic E-state index is 14.8. The molecule has 4 heterocycles. The summed E-state index contributed by atoms with van der Waals surface area (Å²) >= 11 is 3.60. The van der Waals surface area contributed by atoms with E-state index in [2.05, 4.69) is 26.2 Å². The van der Waals surface area contributed by atoms with E-state index in [9.17, 15) is 24.3 Å². The van der Waals surface area contributed by atoms with E-state index in [0.717, 1.165) is 50.6 Å². The molecule has 2 saturated heterocycles. The number of aromatic nitrogens is 1. The summed E-state index contributed by atoms with van der Waals surface area (Å²) < 4.78 is 7.66. The van der Waals surface area contributed by atoms with Crippen molar-refractivity contribution in [3.63, 3.8) is 0 Å². The summed E-state index contributed by atoms with van der Waals surface area (Å²) in [4.78, 5) is 59.6. The van der Waals surface area contributed by atoms with Crippen molar-refractivity contribution >= 4 is 64.2 Å². The smallest absolute Gasteiger partial charge is 0.264 e. The molecule has 3 aliphatic heterocycles. The van der Waals surface area contributed by atoms with Crippen LogP contribution in [-0.4, -0.2) is 71.1 Å². The number of hydrogen-bond acceptors (Lipinski definition) is 6. The van der Waals surface area contributed by atoms with Gasteiger partial charge in [-0.3, -0.25) is 14.4 Å². The molecule has 10 nitrogen and oxygen atoms in total. The number of carbonyl (C=O) groups excluding carboxylic acids is 3. The lowest BCUT2D eigenvalue weighted by atomic mass is 9.82. The molecule has 50 heavy (non-hydrogen) atoms. The summed E-state index contributed by atoms with van der Waals surface area (Å²) in [5, 5.41) is 13.9. The van der Waals surface area contributed by atoms with Crippen LogP contribution in [0.25, 0.3) is 10.9 Å². The Morgan fingerprint density at radius 1 is 1.12 bits per heavy atom. The first kappa shape index (κ1) is 34.6. The van der Waals surface area contributed by atoms with Crippen molar-refractivity contribution in [2.45, 2.75) is 75.5 Å². The summed E-state index contributed by atoms with van der Waals surface area (Å²) in [7, 11) is -2.95. The van der Waals surface area contributed by atoms with Gasteiger partial charge in [0.2, 0.25) is 11.8 Å². The second-order valence-electron chi connectivity index (χ2n) is 14.5. The van der Waals surface area contributed by atoms with Gasteiger partial charge < -0.3 is 34.7 Å². The number of aliphatic hydroxyl groups is 1. The van der Waals surface area contributed by atoms with E-state index in [-0.39, 0.29) is 55.3 Å². The molecule has 3 amide bonds. The third-order valence-corrected chi connectivity index (χ3v) is 13.8. The van der Waals surface area contributed by atoms with Crippen LogP contribution >= 0.6 is 15.9 Å². The van der Waals surface area contributed by atoms with Gasteiger partial charge in [-0.2, -0.15) is 0 Å². The molecular weight excluding hydrogens is 716 g/mol. The minimum atomic E-state index is -2.95. The van der Waals surface area contributed by atoms with Crippen molar-refractivity contribution in [3.05, 3.63) is 94.1 Å². The number of H-pyrrole nitrogens is 1. The Morgan fingerprint density at radius 3 is 2.62 bits per heavy atom. The Bertz CT molecular complexity index is 1940. The van der Waals surface area contributed by atoms with Crippen molar-refractivity contribution < 1.29 is 29.0 Å². The van der Waals surface area contributed by atoms with Gasteiger partial charge in [-0.05, 0) is 73.5 Å². The molecule has 4 N–H and O–H groups in total. The zero-order valence-electron chi connectivity index (χ0n) is 28.5. The Kier molecular flexibility index (Phi) is 9.27. The average molecular weight is 760 g/mol. The van der Waals surface area contributed by atoms with Crippen LogP contribution in [0.15, 0.2) is 77.4 Å². The predicted molar refractivity (Wildman–Crippen MR) is 198 cm³/mol. The fourth-order valence-electron chi connectivity index (χ4n) is 8.58. The van der Waals surface area contributed by atoms with E-state index in [0.29, 0.717) is 12.2 Å². The number of nitrogens with zero attached hydrogens (tertiary/aromatic N) is 2. The lowest BCUT2D eigenvalue weighted by molar-refractivity contribution is -0.150. The highest BCUT2D eigenvalue weighted by molar-refractivity contribution is 9.10. The van der Waals surface area contributed by atoms with Crippen molar-refractivity contribution in [2.24, 2.45) is 5.92 Å². The average Bonchev–Trinajstić information content (AvgIpc) is 3.84. The van der Waals surface area contributed by atoms with E-state index >= 15 is 0 Å². The maximum Gasteiger partial charge on any atom is 0.264 e. The fourth-order valence-corrected chi connectivity index (χ4v) is 11.5. The lowest BCUT2D eigenvalue weighted by Crippen LogP contribution is -2.46. The molecular formula is C38H43BrN4O6Si. The number of aliphatic hydroxyl groups excluding tert-OH is 1. The van der Waals surface area contributed by atoms with Gasteiger partial charge in [-0.1, -0.05) is 53.2 Å². The highest BCUT2D eigenvalue weighted by Gasteiger charge is 2.66. The number of para-hydroxylation sites is 1. The molecule has 0 saturated carbocycles. The lowest BCUT2D eigenvalue weighted by Gasteiger charge is -2.32. The van der Waals surface area contributed by atoms with Gasteiger partial charge in [-0.15, -0.1) is 0 Å². The number of likely N-dealkylation sites (tertiary alicyclic amines) is 1. The first-order valence-electron chi connectivity index (χ1n) is 17.3. The number of fused-ring (bicyclic) bond motifs is 3. The number of anilines is 2. The van der Waals surface area contributed by atoms with Gasteiger partial charge in [0.25, 0.3) is 5.91 Å². The number of nitrogens with one attached hydrogen (secondary N) is 2. The molecule has 5 atom stereocenters. The van der Waals surface area contributed by atoms with Crippen LogP contribution in [0.2, 0.25) is 18.6 Å². The number of benzene rings is 3. The first-order chi connectivity index (χ1) is 23.9. The number of ether oxygens (including phenoxy) is 1. The number of amides is 3. The predicted octanol–water partition coefficient (Wildman–Crippen LogP) is 5.83. The fraction of sp³-hybridized carbons (Fsp3) is 0.395. The molecule has 2 fully saturated rings. The van der Waals surface area contributed by atoms with E-state index < -0.39 is 25.9 Å². The minimum Gasteiger partial charge on any atom is -0.432 e. The molecule has 1 spiro atoms. The molecule has 262 valence electrons. The second-order valence-corrected chi connectivity index (χ2v) is 19.4. The van der Waals surface area contributed by atoms with Gasteiger partial charge in [0.05, 0.1) is 43.8 Å². The highest BCUT2D eigenvalue weighted by atomic mass is 79.9. The summed E-state index contributed by atoms with van der Waals surface area (Å²) in [5.41, 5.74) is 3.13. The quantitative estimate of drug-likeness (QED) is 0.159. The number of aromatic amines is 1. The Labute approximate surface area is 301 Å². The van der Waals surface area contributed by atoms with Crippen LogP contribution in [0, 0.1) is 5.92 Å². The molecule has 0 unspecified atom stereocenters. The molecule has 3 aliphatic rings. The molecule has 3 aromatic carbocycles. The van der Waals surface area contributed by atoms with Crippen LogP contribution in [0.1, 0.15) is 42.9 Å². The normalized spacial score (nSPS) is 24.8. The minimum absolute atomic E-state index is 0.0361. The van der Waals surface area contributed by atoms with Gasteiger partial charge in [0.1, 0.15) is 0 Å². The van der Waals surface area contributed by atoms with Gasteiger partial charge in [-0.25, -0.2) is 0 Å². The zero-order chi connectivity index (χ0) is 35.4. The standard InChI is InChI=1S/C38H43BrN4O6Si/c1-23-36(50(2,3)48)33(19-35(46)42-16-6-7-28(42)22-44)49-38(23)30-18-26(39)12-15-32(30)43(37(38)47)21-24-10-13-27(14-11-24)41-34(45)17-25-20-40-31-9-5-4-8-29(25)31/h4-5,8-15,18,20,23,28,33,36,40,44,48H,6-7,16-17,19,21-22H2,1-3H3,(H,41,45)/t23-,28-,33+,36-,38+/m0/s1. The number of hydrogen-bond donors (Lipinski definition) is 4. The van der Waals surface area contributed by atoms with Gasteiger partial charge in [0.15, 0.2) is 13.9 Å². The largest absolute Gasteiger partial charge is 0.432 e. The molecule has 12 heteroatoms. The van der Waals surface area contributed by atoms with Gasteiger partial charge >= 0.3 is 0 Å². The monoisotopic (exact) mass is 758 g/mol. The Morgan fingerprint density at radius 2 is 1.88 bits per heavy atom. The molecule has 0 aliphatic carbocycles.